The van der Waals surface area contributed by atoms with E-state index in [4.69, 9.17) is 0 Å². The number of benzene rings is 1. The largest absolute Gasteiger partial charge is 0.507 e. The van der Waals surface area contributed by atoms with Crippen LogP contribution in [0.5, 0.6) is 5.75 Å². The number of rotatable bonds is 11. The standard InChI is InChI=1S/C19H30O4/c1-4-6-8-10-15-12-16(11-9-7-5-2)19(21)17(13-15)14-18(20)23-22-3/h12-13,21H,4-11,14H2,1-3H3. The number of hydrogen-bond acceptors (Lipinski definition) is 4. The molecule has 1 rings (SSSR count). The molecule has 0 unspecified atom stereocenters. The molecule has 0 saturated heterocycles. The summed E-state index contributed by atoms with van der Waals surface area (Å²) in [5, 5.41) is 10.5. The Labute approximate surface area is 139 Å². The molecule has 130 valence electrons. The summed E-state index contributed by atoms with van der Waals surface area (Å²) < 4.78 is 0. The van der Waals surface area contributed by atoms with Crippen molar-refractivity contribution in [3.05, 3.63) is 28.8 Å². The first kappa shape index (κ1) is 19.5. The van der Waals surface area contributed by atoms with Crippen LogP contribution in [-0.2, 0) is 33.8 Å². The van der Waals surface area contributed by atoms with Gasteiger partial charge in [0.15, 0.2) is 0 Å². The molecule has 0 aliphatic carbocycles. The maximum Gasteiger partial charge on any atom is 0.346 e. The highest BCUT2D eigenvalue weighted by atomic mass is 17.2. The van der Waals surface area contributed by atoms with Gasteiger partial charge in [0.25, 0.3) is 0 Å². The van der Waals surface area contributed by atoms with Gasteiger partial charge < -0.3 is 5.11 Å². The molecule has 0 aliphatic heterocycles. The van der Waals surface area contributed by atoms with E-state index in [1.54, 1.807) is 0 Å². The molecule has 0 atom stereocenters. The third-order valence-corrected chi connectivity index (χ3v) is 3.96. The summed E-state index contributed by atoms with van der Waals surface area (Å²) >= 11 is 0. The molecule has 0 bridgehead atoms. The van der Waals surface area contributed by atoms with Crippen molar-refractivity contribution in [2.45, 2.75) is 71.6 Å². The van der Waals surface area contributed by atoms with E-state index in [0.29, 0.717) is 5.56 Å². The molecule has 4 nitrogen and oxygen atoms in total. The molecule has 0 radical (unpaired) electrons. The van der Waals surface area contributed by atoms with Crippen molar-refractivity contribution >= 4 is 5.97 Å². The highest BCUT2D eigenvalue weighted by Gasteiger charge is 2.14. The predicted molar refractivity (Wildman–Crippen MR) is 91.4 cm³/mol. The van der Waals surface area contributed by atoms with Crippen molar-refractivity contribution in [3.8, 4) is 5.75 Å². The van der Waals surface area contributed by atoms with Crippen LogP contribution in [0.2, 0.25) is 0 Å². The SMILES string of the molecule is CCCCCc1cc(CCCCC)c(O)c(CC(=O)OOC)c1. The fraction of sp³-hybridized carbons (Fsp3) is 0.632. The summed E-state index contributed by atoms with van der Waals surface area (Å²) in [4.78, 5) is 20.6. The predicted octanol–water partition coefficient (Wildman–Crippen LogP) is 4.50. The Hall–Kier alpha value is -1.55. The second-order valence-electron chi connectivity index (χ2n) is 5.98. The minimum absolute atomic E-state index is 0.0298. The number of aromatic hydroxyl groups is 1. The van der Waals surface area contributed by atoms with Crippen molar-refractivity contribution in [1.29, 1.82) is 0 Å². The quantitative estimate of drug-likeness (QED) is 0.370. The number of carbonyl (C=O) groups excluding carboxylic acids is 1. The zero-order valence-corrected chi connectivity index (χ0v) is 14.7. The smallest absolute Gasteiger partial charge is 0.346 e. The Balaban J connectivity index is 2.92. The number of hydrogen-bond donors (Lipinski definition) is 1. The van der Waals surface area contributed by atoms with E-state index >= 15 is 0 Å². The molecule has 0 aliphatic rings. The third-order valence-electron chi connectivity index (χ3n) is 3.96. The van der Waals surface area contributed by atoms with Crippen molar-refractivity contribution in [3.63, 3.8) is 0 Å². The summed E-state index contributed by atoms with van der Waals surface area (Å²) in [5.41, 5.74) is 2.75. The lowest BCUT2D eigenvalue weighted by molar-refractivity contribution is -0.254. The maximum atomic E-state index is 11.6. The van der Waals surface area contributed by atoms with Crippen LogP contribution in [0.15, 0.2) is 12.1 Å². The summed E-state index contributed by atoms with van der Waals surface area (Å²) in [7, 11) is 1.30. The highest BCUT2D eigenvalue weighted by molar-refractivity contribution is 5.73. The Morgan fingerprint density at radius 3 is 2.22 bits per heavy atom. The molecule has 0 spiro atoms. The molecule has 23 heavy (non-hydrogen) atoms. The van der Waals surface area contributed by atoms with Crippen LogP contribution in [0.1, 0.15) is 69.1 Å². The van der Waals surface area contributed by atoms with Gasteiger partial charge in [-0.25, -0.2) is 4.79 Å². The minimum atomic E-state index is -0.493. The fourth-order valence-electron chi connectivity index (χ4n) is 2.72. The van der Waals surface area contributed by atoms with E-state index in [9.17, 15) is 9.90 Å². The molecule has 1 aromatic carbocycles. The van der Waals surface area contributed by atoms with Gasteiger partial charge in [-0.05, 0) is 36.8 Å². The van der Waals surface area contributed by atoms with Gasteiger partial charge in [-0.2, -0.15) is 4.89 Å². The number of phenols is 1. The minimum Gasteiger partial charge on any atom is -0.507 e. The maximum absolute atomic E-state index is 11.6. The first-order valence-electron chi connectivity index (χ1n) is 8.69. The van der Waals surface area contributed by atoms with Crippen LogP contribution < -0.4 is 0 Å². The Morgan fingerprint density at radius 2 is 1.61 bits per heavy atom. The van der Waals surface area contributed by atoms with Crippen molar-refractivity contribution in [2.24, 2.45) is 0 Å². The molecule has 1 aromatic rings. The molecule has 0 heterocycles. The molecule has 0 aromatic heterocycles. The second-order valence-corrected chi connectivity index (χ2v) is 5.98. The molecular formula is C19H30O4. The van der Waals surface area contributed by atoms with E-state index in [1.807, 2.05) is 6.07 Å². The average Bonchev–Trinajstić information content (AvgIpc) is 2.52. The van der Waals surface area contributed by atoms with Crippen LogP contribution in [0.3, 0.4) is 0 Å². The van der Waals surface area contributed by atoms with Gasteiger partial charge in [0.1, 0.15) is 5.75 Å². The van der Waals surface area contributed by atoms with Crippen molar-refractivity contribution < 1.29 is 19.7 Å². The van der Waals surface area contributed by atoms with E-state index in [0.717, 1.165) is 44.1 Å². The van der Waals surface area contributed by atoms with Crippen LogP contribution >= 0.6 is 0 Å². The lowest BCUT2D eigenvalue weighted by atomic mass is 9.95. The monoisotopic (exact) mass is 322 g/mol. The zero-order valence-electron chi connectivity index (χ0n) is 14.7. The number of unbranched alkanes of at least 4 members (excludes halogenated alkanes) is 4. The van der Waals surface area contributed by atoms with E-state index in [2.05, 4.69) is 29.7 Å². The average molecular weight is 322 g/mol. The van der Waals surface area contributed by atoms with Crippen LogP contribution in [0.25, 0.3) is 0 Å². The molecular weight excluding hydrogens is 292 g/mol. The van der Waals surface area contributed by atoms with E-state index in [-0.39, 0.29) is 12.2 Å². The van der Waals surface area contributed by atoms with Gasteiger partial charge in [-0.15, -0.1) is 0 Å². The lowest BCUT2D eigenvalue weighted by Gasteiger charge is -2.13. The van der Waals surface area contributed by atoms with Gasteiger partial charge in [-0.1, -0.05) is 51.7 Å². The number of carbonyl (C=O) groups is 1. The number of aryl methyl sites for hydroxylation is 2. The van der Waals surface area contributed by atoms with Crippen LogP contribution in [0.4, 0.5) is 0 Å². The summed E-state index contributed by atoms with van der Waals surface area (Å²) in [5.74, 6) is -0.263. The molecule has 0 amide bonds. The first-order chi connectivity index (χ1) is 11.1. The third kappa shape index (κ3) is 7.04. The molecule has 4 heteroatoms. The van der Waals surface area contributed by atoms with Crippen molar-refractivity contribution in [2.75, 3.05) is 7.11 Å². The first-order valence-corrected chi connectivity index (χ1v) is 8.69. The van der Waals surface area contributed by atoms with Crippen LogP contribution in [0, 0.1) is 0 Å². The summed E-state index contributed by atoms with van der Waals surface area (Å²) in [6.45, 7) is 4.34. The summed E-state index contributed by atoms with van der Waals surface area (Å²) in [6.07, 6.45) is 8.66. The zero-order chi connectivity index (χ0) is 17.1. The number of phenolic OH excluding ortho intramolecular Hbond substituents is 1. The summed E-state index contributed by atoms with van der Waals surface area (Å²) in [6, 6.07) is 4.01. The fourth-order valence-corrected chi connectivity index (χ4v) is 2.72. The van der Waals surface area contributed by atoms with Gasteiger partial charge in [0, 0.05) is 5.56 Å². The lowest BCUT2D eigenvalue weighted by Crippen LogP contribution is -2.08. The van der Waals surface area contributed by atoms with Crippen molar-refractivity contribution in [1.82, 2.24) is 0 Å². The molecule has 0 saturated carbocycles. The highest BCUT2D eigenvalue weighted by Crippen LogP contribution is 2.28. The Bertz CT molecular complexity index is 483. The molecule has 0 fully saturated rings. The Morgan fingerprint density at radius 1 is 1.00 bits per heavy atom. The van der Waals surface area contributed by atoms with Gasteiger partial charge in [0.2, 0.25) is 0 Å². The van der Waals surface area contributed by atoms with E-state index < -0.39 is 5.97 Å². The van der Waals surface area contributed by atoms with Gasteiger partial charge >= 0.3 is 5.97 Å². The van der Waals surface area contributed by atoms with Gasteiger partial charge in [0.05, 0.1) is 13.5 Å². The van der Waals surface area contributed by atoms with Crippen LogP contribution in [-0.4, -0.2) is 18.2 Å². The molecule has 1 N–H and O–H groups in total. The van der Waals surface area contributed by atoms with E-state index in [1.165, 1.54) is 25.5 Å². The second kappa shape index (κ2) is 11.1. The van der Waals surface area contributed by atoms with Gasteiger partial charge in [-0.3, -0.25) is 4.89 Å². The Kier molecular flexibility index (Phi) is 9.37. The topological polar surface area (TPSA) is 55.8 Å². The normalized spacial score (nSPS) is 10.7.